The Hall–Kier alpha value is -1.52. The molecule has 4 nitrogen and oxygen atoms in total. The minimum atomic E-state index is -0.0452. The van der Waals surface area contributed by atoms with E-state index >= 15 is 0 Å². The molecule has 2 rings (SSSR count). The Bertz CT molecular complexity index is 549. The van der Waals surface area contributed by atoms with Crippen LogP contribution in [0.3, 0.4) is 0 Å². The fourth-order valence-electron chi connectivity index (χ4n) is 1.71. The Morgan fingerprint density at radius 3 is 2.63 bits per heavy atom. The third-order valence-electron chi connectivity index (χ3n) is 2.79. The van der Waals surface area contributed by atoms with Gasteiger partial charge in [0.2, 0.25) is 5.91 Å². The molecule has 0 fully saturated rings. The molecule has 1 heterocycles. The SMILES string of the molecule is CN(Cc1cn[nH]c1)C(=O)Cc1c(Cl)cccc1Cl. The van der Waals surface area contributed by atoms with Crippen LogP contribution in [0.5, 0.6) is 0 Å². The lowest BCUT2D eigenvalue weighted by Gasteiger charge is -2.17. The van der Waals surface area contributed by atoms with Crippen LogP contribution in [0.25, 0.3) is 0 Å². The van der Waals surface area contributed by atoms with Crippen LogP contribution in [0.1, 0.15) is 11.1 Å². The number of halogens is 2. The summed E-state index contributed by atoms with van der Waals surface area (Å²) in [5.74, 6) is -0.0452. The summed E-state index contributed by atoms with van der Waals surface area (Å²) in [6.45, 7) is 0.497. The summed E-state index contributed by atoms with van der Waals surface area (Å²) in [6.07, 6.45) is 3.63. The molecular weight excluding hydrogens is 285 g/mol. The van der Waals surface area contributed by atoms with Crippen LogP contribution in [0, 0.1) is 0 Å². The average molecular weight is 298 g/mol. The second kappa shape index (κ2) is 6.08. The first kappa shape index (κ1) is 13.9. The van der Waals surface area contributed by atoms with Gasteiger partial charge in [-0.15, -0.1) is 0 Å². The van der Waals surface area contributed by atoms with Gasteiger partial charge < -0.3 is 4.90 Å². The van der Waals surface area contributed by atoms with E-state index in [0.717, 1.165) is 5.56 Å². The first-order chi connectivity index (χ1) is 9.08. The Balaban J connectivity index is 2.04. The number of likely N-dealkylation sites (N-methyl/N-ethyl adjacent to an activating group) is 1. The third-order valence-corrected chi connectivity index (χ3v) is 3.50. The molecule has 0 spiro atoms. The van der Waals surface area contributed by atoms with Crippen molar-refractivity contribution in [3.8, 4) is 0 Å². The number of nitrogens with one attached hydrogen (secondary N) is 1. The van der Waals surface area contributed by atoms with E-state index in [2.05, 4.69) is 10.2 Å². The normalized spacial score (nSPS) is 10.5. The maximum absolute atomic E-state index is 12.1. The number of hydrogen-bond donors (Lipinski definition) is 1. The molecule has 1 aromatic carbocycles. The molecule has 19 heavy (non-hydrogen) atoms. The highest BCUT2D eigenvalue weighted by atomic mass is 35.5. The first-order valence-electron chi connectivity index (χ1n) is 5.72. The number of benzene rings is 1. The second-order valence-electron chi connectivity index (χ2n) is 4.23. The van der Waals surface area contributed by atoms with Crippen LogP contribution in [0.2, 0.25) is 10.0 Å². The van der Waals surface area contributed by atoms with Crippen LogP contribution >= 0.6 is 23.2 Å². The van der Waals surface area contributed by atoms with Gasteiger partial charge in [-0.1, -0.05) is 29.3 Å². The number of aromatic nitrogens is 2. The van der Waals surface area contributed by atoms with Crippen LogP contribution in [-0.2, 0) is 17.8 Å². The smallest absolute Gasteiger partial charge is 0.227 e. The molecule has 0 saturated heterocycles. The van der Waals surface area contributed by atoms with E-state index in [0.29, 0.717) is 22.2 Å². The number of carbonyl (C=O) groups excluding carboxylic acids is 1. The van der Waals surface area contributed by atoms with E-state index in [1.807, 2.05) is 0 Å². The molecular formula is C13H13Cl2N3O. The van der Waals surface area contributed by atoms with Crippen molar-refractivity contribution in [1.82, 2.24) is 15.1 Å². The highest BCUT2D eigenvalue weighted by Crippen LogP contribution is 2.25. The van der Waals surface area contributed by atoms with Crippen molar-refractivity contribution in [2.45, 2.75) is 13.0 Å². The third kappa shape index (κ3) is 3.49. The van der Waals surface area contributed by atoms with E-state index in [9.17, 15) is 4.79 Å². The predicted molar refractivity (Wildman–Crippen MR) is 75.2 cm³/mol. The second-order valence-corrected chi connectivity index (χ2v) is 5.05. The zero-order chi connectivity index (χ0) is 13.8. The molecule has 1 amide bonds. The zero-order valence-electron chi connectivity index (χ0n) is 10.4. The minimum absolute atomic E-state index is 0.0452. The molecule has 1 aromatic heterocycles. The van der Waals surface area contributed by atoms with Crippen molar-refractivity contribution < 1.29 is 4.79 Å². The lowest BCUT2D eigenvalue weighted by molar-refractivity contribution is -0.129. The summed E-state index contributed by atoms with van der Waals surface area (Å²) in [6, 6.07) is 5.21. The largest absolute Gasteiger partial charge is 0.341 e. The van der Waals surface area contributed by atoms with Gasteiger partial charge in [0.25, 0.3) is 0 Å². The van der Waals surface area contributed by atoms with Gasteiger partial charge in [0.05, 0.1) is 12.6 Å². The Morgan fingerprint density at radius 2 is 2.05 bits per heavy atom. The van der Waals surface area contributed by atoms with Crippen LogP contribution in [0.4, 0.5) is 0 Å². The quantitative estimate of drug-likeness (QED) is 0.943. The van der Waals surface area contributed by atoms with E-state index < -0.39 is 0 Å². The maximum Gasteiger partial charge on any atom is 0.227 e. The molecule has 1 N–H and O–H groups in total. The zero-order valence-corrected chi connectivity index (χ0v) is 11.9. The van der Waals surface area contributed by atoms with Gasteiger partial charge >= 0.3 is 0 Å². The number of H-pyrrole nitrogens is 1. The number of carbonyl (C=O) groups is 1. The van der Waals surface area contributed by atoms with Gasteiger partial charge in [0.15, 0.2) is 0 Å². The van der Waals surface area contributed by atoms with Crippen LogP contribution < -0.4 is 0 Å². The van der Waals surface area contributed by atoms with Gasteiger partial charge in [-0.2, -0.15) is 5.10 Å². The van der Waals surface area contributed by atoms with Gasteiger partial charge in [-0.05, 0) is 17.7 Å². The number of nitrogens with zero attached hydrogens (tertiary/aromatic N) is 2. The molecule has 0 radical (unpaired) electrons. The molecule has 6 heteroatoms. The summed E-state index contributed by atoms with van der Waals surface area (Å²) in [4.78, 5) is 13.7. The molecule has 2 aromatic rings. The topological polar surface area (TPSA) is 49.0 Å². The van der Waals surface area contributed by atoms with Crippen molar-refractivity contribution in [2.75, 3.05) is 7.05 Å². The maximum atomic E-state index is 12.1. The molecule has 0 saturated carbocycles. The molecule has 0 aliphatic rings. The van der Waals surface area contributed by atoms with Gasteiger partial charge in [-0.3, -0.25) is 9.89 Å². The summed E-state index contributed by atoms with van der Waals surface area (Å²) in [5.41, 5.74) is 1.61. The predicted octanol–water partition coefficient (Wildman–Crippen LogP) is 2.92. The average Bonchev–Trinajstić information content (AvgIpc) is 2.86. The standard InChI is InChI=1S/C13H13Cl2N3O/c1-18(8-9-6-16-17-7-9)13(19)5-10-11(14)3-2-4-12(10)15/h2-4,6-7H,5,8H2,1H3,(H,16,17). The van der Waals surface area contributed by atoms with E-state index in [1.165, 1.54) is 0 Å². The summed E-state index contributed by atoms with van der Waals surface area (Å²) < 4.78 is 0. The Morgan fingerprint density at radius 1 is 1.37 bits per heavy atom. The highest BCUT2D eigenvalue weighted by Gasteiger charge is 2.14. The van der Waals surface area contributed by atoms with Crippen molar-refractivity contribution in [3.05, 3.63) is 51.8 Å². The number of rotatable bonds is 4. The van der Waals surface area contributed by atoms with Crippen molar-refractivity contribution in [1.29, 1.82) is 0 Å². The molecule has 0 bridgehead atoms. The van der Waals surface area contributed by atoms with Crippen molar-refractivity contribution >= 4 is 29.1 Å². The summed E-state index contributed by atoms with van der Waals surface area (Å²) >= 11 is 12.1. The van der Waals surface area contributed by atoms with Crippen LogP contribution in [0.15, 0.2) is 30.6 Å². The number of aromatic amines is 1. The van der Waals surface area contributed by atoms with E-state index in [-0.39, 0.29) is 12.3 Å². The lowest BCUT2D eigenvalue weighted by atomic mass is 10.1. The fraction of sp³-hybridized carbons (Fsp3) is 0.231. The molecule has 0 aliphatic heterocycles. The monoisotopic (exact) mass is 297 g/mol. The fourth-order valence-corrected chi connectivity index (χ4v) is 2.24. The summed E-state index contributed by atoms with van der Waals surface area (Å²) in [7, 11) is 1.74. The number of hydrogen-bond acceptors (Lipinski definition) is 2. The molecule has 0 unspecified atom stereocenters. The first-order valence-corrected chi connectivity index (χ1v) is 6.48. The lowest BCUT2D eigenvalue weighted by Crippen LogP contribution is -2.27. The van der Waals surface area contributed by atoms with Crippen molar-refractivity contribution in [3.63, 3.8) is 0 Å². The van der Waals surface area contributed by atoms with Gasteiger partial charge in [0, 0.05) is 35.4 Å². The summed E-state index contributed by atoms with van der Waals surface area (Å²) in [5, 5.41) is 7.58. The van der Waals surface area contributed by atoms with Gasteiger partial charge in [-0.25, -0.2) is 0 Å². The molecule has 100 valence electrons. The molecule has 0 aliphatic carbocycles. The van der Waals surface area contributed by atoms with Gasteiger partial charge in [0.1, 0.15) is 0 Å². The van der Waals surface area contributed by atoms with E-state index in [1.54, 1.807) is 42.5 Å². The van der Waals surface area contributed by atoms with Crippen molar-refractivity contribution in [2.24, 2.45) is 0 Å². The Labute approximate surface area is 121 Å². The number of amides is 1. The van der Waals surface area contributed by atoms with Crippen LogP contribution in [-0.4, -0.2) is 28.1 Å². The van der Waals surface area contributed by atoms with E-state index in [4.69, 9.17) is 23.2 Å². The highest BCUT2D eigenvalue weighted by molar-refractivity contribution is 6.36. The molecule has 0 atom stereocenters. The Kier molecular flexibility index (Phi) is 4.45. The minimum Gasteiger partial charge on any atom is -0.341 e.